The maximum atomic E-state index is 12.2. The van der Waals surface area contributed by atoms with Gasteiger partial charge in [0.25, 0.3) is 0 Å². The summed E-state index contributed by atoms with van der Waals surface area (Å²) in [6, 6.07) is 7.59. The number of carbonyl (C=O) groups is 3. The molecular formula is C24H33N5O3. The van der Waals surface area contributed by atoms with Gasteiger partial charge in [-0.3, -0.25) is 19.3 Å². The highest BCUT2D eigenvalue weighted by molar-refractivity contribution is 6.01. The highest BCUT2D eigenvalue weighted by atomic mass is 16.2. The molecule has 1 aliphatic heterocycles. The van der Waals surface area contributed by atoms with E-state index < -0.39 is 0 Å². The molecule has 0 bridgehead atoms. The second kappa shape index (κ2) is 12.1. The Hall–Kier alpha value is -3.03. The minimum atomic E-state index is -0.0158. The molecule has 1 aliphatic rings. The molecule has 1 aromatic carbocycles. The van der Waals surface area contributed by atoms with Crippen LogP contribution in [0.2, 0.25) is 0 Å². The molecule has 3 amide bonds. The average Bonchev–Trinajstić information content (AvgIpc) is 3.35. The minimum Gasteiger partial charge on any atom is -0.326 e. The molecule has 2 aromatic rings. The number of nitrogens with one attached hydrogen (secondary N) is 1. The van der Waals surface area contributed by atoms with Crippen LogP contribution in [0.3, 0.4) is 0 Å². The first-order chi connectivity index (χ1) is 15.5. The minimum absolute atomic E-state index is 0.0158. The first-order valence-electron chi connectivity index (χ1n) is 11.7. The van der Waals surface area contributed by atoms with Crippen molar-refractivity contribution in [1.29, 1.82) is 0 Å². The van der Waals surface area contributed by atoms with Gasteiger partial charge in [0.15, 0.2) is 0 Å². The van der Waals surface area contributed by atoms with Crippen molar-refractivity contribution in [3.63, 3.8) is 0 Å². The number of unbranched alkanes of at least 4 members (excludes halogenated alkanes) is 7. The third kappa shape index (κ3) is 7.00. The summed E-state index contributed by atoms with van der Waals surface area (Å²) in [5.74, 6) is 0.0107. The van der Waals surface area contributed by atoms with E-state index in [1.807, 2.05) is 31.2 Å². The van der Waals surface area contributed by atoms with E-state index in [9.17, 15) is 14.4 Å². The van der Waals surface area contributed by atoms with Gasteiger partial charge in [-0.05, 0) is 44.0 Å². The summed E-state index contributed by atoms with van der Waals surface area (Å²) in [5, 5.41) is 10.9. The molecule has 0 radical (unpaired) electrons. The predicted molar refractivity (Wildman–Crippen MR) is 122 cm³/mol. The summed E-state index contributed by atoms with van der Waals surface area (Å²) < 4.78 is 1.75. The van der Waals surface area contributed by atoms with Crippen LogP contribution >= 0.6 is 0 Å². The third-order valence-corrected chi connectivity index (χ3v) is 5.81. The smallest absolute Gasteiger partial charge is 0.229 e. The Morgan fingerprint density at radius 1 is 0.906 bits per heavy atom. The summed E-state index contributed by atoms with van der Waals surface area (Å²) in [6.07, 6.45) is 11.5. The lowest BCUT2D eigenvalue weighted by atomic mass is 10.1. The van der Waals surface area contributed by atoms with E-state index >= 15 is 0 Å². The molecule has 1 saturated heterocycles. The molecule has 3 rings (SSSR count). The van der Waals surface area contributed by atoms with Crippen LogP contribution in [0.5, 0.6) is 0 Å². The van der Waals surface area contributed by atoms with Gasteiger partial charge in [-0.15, -0.1) is 5.10 Å². The number of aryl methyl sites for hydroxylation is 1. The van der Waals surface area contributed by atoms with Crippen LogP contribution in [0.1, 0.15) is 76.3 Å². The van der Waals surface area contributed by atoms with Crippen LogP contribution in [0.4, 0.5) is 5.69 Å². The fourth-order valence-corrected chi connectivity index (χ4v) is 3.94. The first-order valence-corrected chi connectivity index (χ1v) is 11.7. The zero-order valence-electron chi connectivity index (χ0n) is 18.9. The van der Waals surface area contributed by atoms with Crippen LogP contribution in [0.15, 0.2) is 30.5 Å². The van der Waals surface area contributed by atoms with Crippen molar-refractivity contribution in [3.8, 4) is 5.69 Å². The lowest BCUT2D eigenvalue weighted by Crippen LogP contribution is -2.29. The van der Waals surface area contributed by atoms with E-state index in [2.05, 4.69) is 15.6 Å². The number of imide groups is 1. The van der Waals surface area contributed by atoms with Gasteiger partial charge in [-0.1, -0.05) is 43.7 Å². The molecule has 0 atom stereocenters. The summed E-state index contributed by atoms with van der Waals surface area (Å²) in [4.78, 5) is 36.6. The third-order valence-electron chi connectivity index (χ3n) is 5.81. The van der Waals surface area contributed by atoms with Crippen LogP contribution < -0.4 is 5.32 Å². The number of benzene rings is 1. The van der Waals surface area contributed by atoms with E-state index in [-0.39, 0.29) is 17.7 Å². The van der Waals surface area contributed by atoms with Crippen molar-refractivity contribution in [1.82, 2.24) is 19.9 Å². The molecule has 0 aliphatic carbocycles. The Balaban J connectivity index is 1.19. The predicted octanol–water partition coefficient (Wildman–Crippen LogP) is 4.17. The number of rotatable bonds is 13. The number of nitrogens with zero attached hydrogens (tertiary/aromatic N) is 4. The molecule has 0 unspecified atom stereocenters. The summed E-state index contributed by atoms with van der Waals surface area (Å²) >= 11 is 0. The second-order valence-electron chi connectivity index (χ2n) is 8.40. The van der Waals surface area contributed by atoms with Crippen LogP contribution in [-0.4, -0.2) is 44.2 Å². The van der Waals surface area contributed by atoms with E-state index in [4.69, 9.17) is 0 Å². The first kappa shape index (κ1) is 23.6. The number of anilines is 1. The monoisotopic (exact) mass is 439 g/mol. The van der Waals surface area contributed by atoms with Gasteiger partial charge >= 0.3 is 0 Å². The van der Waals surface area contributed by atoms with Crippen molar-refractivity contribution < 1.29 is 14.4 Å². The Labute approximate surface area is 189 Å². The number of amides is 3. The fraction of sp³-hybridized carbons (Fsp3) is 0.542. The van der Waals surface area contributed by atoms with Crippen LogP contribution in [-0.2, 0) is 14.4 Å². The molecule has 0 saturated carbocycles. The number of hydrogen-bond donors (Lipinski definition) is 1. The number of carbonyl (C=O) groups excluding carboxylic acids is 3. The zero-order chi connectivity index (χ0) is 22.8. The second-order valence-corrected chi connectivity index (χ2v) is 8.40. The van der Waals surface area contributed by atoms with Crippen molar-refractivity contribution in [2.45, 2.75) is 77.6 Å². The molecule has 1 aromatic heterocycles. The van der Waals surface area contributed by atoms with Gasteiger partial charge in [0.1, 0.15) is 0 Å². The normalized spacial score (nSPS) is 13.7. The Morgan fingerprint density at radius 2 is 1.50 bits per heavy atom. The molecule has 8 heteroatoms. The maximum absolute atomic E-state index is 12.2. The van der Waals surface area contributed by atoms with Gasteiger partial charge in [0.2, 0.25) is 17.7 Å². The largest absolute Gasteiger partial charge is 0.326 e. The van der Waals surface area contributed by atoms with Crippen molar-refractivity contribution in [3.05, 3.63) is 36.2 Å². The van der Waals surface area contributed by atoms with Gasteiger partial charge in [-0.25, -0.2) is 4.68 Å². The lowest BCUT2D eigenvalue weighted by molar-refractivity contribution is -0.138. The van der Waals surface area contributed by atoms with Crippen LogP contribution in [0, 0.1) is 6.92 Å². The van der Waals surface area contributed by atoms with E-state index in [1.54, 1.807) is 10.9 Å². The number of aromatic nitrogens is 3. The topological polar surface area (TPSA) is 97.2 Å². The molecule has 2 heterocycles. The molecule has 8 nitrogen and oxygen atoms in total. The van der Waals surface area contributed by atoms with Crippen molar-refractivity contribution in [2.24, 2.45) is 0 Å². The number of hydrogen-bond acceptors (Lipinski definition) is 5. The van der Waals surface area contributed by atoms with Gasteiger partial charge in [0.05, 0.1) is 17.6 Å². The van der Waals surface area contributed by atoms with Gasteiger partial charge < -0.3 is 5.32 Å². The summed E-state index contributed by atoms with van der Waals surface area (Å²) in [7, 11) is 0. The number of likely N-dealkylation sites (tertiary alicyclic amines) is 1. The Morgan fingerprint density at radius 3 is 2.09 bits per heavy atom. The van der Waals surface area contributed by atoms with Crippen molar-refractivity contribution >= 4 is 23.4 Å². The highest BCUT2D eigenvalue weighted by Crippen LogP contribution is 2.16. The molecular weight excluding hydrogens is 406 g/mol. The Bertz CT molecular complexity index is 891. The molecule has 1 fully saturated rings. The summed E-state index contributed by atoms with van der Waals surface area (Å²) in [6.45, 7) is 2.52. The summed E-state index contributed by atoms with van der Waals surface area (Å²) in [5.41, 5.74) is 2.65. The lowest BCUT2D eigenvalue weighted by Gasteiger charge is -2.13. The van der Waals surface area contributed by atoms with Gasteiger partial charge in [-0.2, -0.15) is 0 Å². The fourth-order valence-electron chi connectivity index (χ4n) is 3.94. The molecule has 0 spiro atoms. The van der Waals surface area contributed by atoms with E-state index in [0.29, 0.717) is 25.8 Å². The van der Waals surface area contributed by atoms with E-state index in [1.165, 1.54) is 4.90 Å². The molecule has 32 heavy (non-hydrogen) atoms. The standard InChI is InChI=1S/C24H33N5O3/c1-19-18-25-27-29(19)21-13-11-20(12-14-21)26-22(30)10-8-6-4-2-3-5-7-9-17-28-23(31)15-16-24(28)32/h11-14,18H,2-10,15-17H2,1H3,(H,26,30). The van der Waals surface area contributed by atoms with Gasteiger partial charge in [0, 0.05) is 31.5 Å². The maximum Gasteiger partial charge on any atom is 0.229 e. The Kier molecular flexibility index (Phi) is 8.95. The molecule has 1 N–H and O–H groups in total. The average molecular weight is 440 g/mol. The zero-order valence-corrected chi connectivity index (χ0v) is 18.9. The van der Waals surface area contributed by atoms with Crippen molar-refractivity contribution in [2.75, 3.05) is 11.9 Å². The molecule has 172 valence electrons. The van der Waals surface area contributed by atoms with Crippen LogP contribution in [0.25, 0.3) is 5.69 Å². The quantitative estimate of drug-likeness (QED) is 0.373. The van der Waals surface area contributed by atoms with E-state index in [0.717, 1.165) is 68.4 Å². The highest BCUT2D eigenvalue weighted by Gasteiger charge is 2.27. The SMILES string of the molecule is Cc1cnnn1-c1ccc(NC(=O)CCCCCCCCCCN2C(=O)CCC2=O)cc1.